The lowest BCUT2D eigenvalue weighted by Crippen LogP contribution is -3.15. The van der Waals surface area contributed by atoms with Crippen LogP contribution in [0.5, 0.6) is 5.88 Å². The number of aromatic nitrogens is 3. The van der Waals surface area contributed by atoms with E-state index in [9.17, 15) is 5.11 Å². The van der Waals surface area contributed by atoms with Crippen LogP contribution in [0.2, 0.25) is 5.02 Å². The highest BCUT2D eigenvalue weighted by atomic mass is 35.5. The van der Waals surface area contributed by atoms with Gasteiger partial charge in [0, 0.05) is 10.6 Å². The number of hydrogen-bond donors (Lipinski definition) is 2. The van der Waals surface area contributed by atoms with Crippen molar-refractivity contribution < 1.29 is 14.7 Å². The molecule has 0 bridgehead atoms. The Balaban J connectivity index is 1.84. The van der Waals surface area contributed by atoms with E-state index >= 15 is 0 Å². The van der Waals surface area contributed by atoms with Gasteiger partial charge in [0.05, 0.1) is 0 Å². The number of ether oxygens (including phenoxy) is 1. The molecule has 0 unspecified atom stereocenters. The van der Waals surface area contributed by atoms with Gasteiger partial charge in [-0.3, -0.25) is 0 Å². The largest absolute Gasteiger partial charge is 0.492 e. The highest BCUT2D eigenvalue weighted by Crippen LogP contribution is 2.35. The van der Waals surface area contributed by atoms with Crippen molar-refractivity contribution in [3.8, 4) is 5.88 Å². The van der Waals surface area contributed by atoms with Crippen molar-refractivity contribution in [1.29, 1.82) is 0 Å². The lowest BCUT2D eigenvalue weighted by Gasteiger charge is -2.37. The Kier molecular flexibility index (Phi) is 4.64. The molecule has 3 aromatic rings. The first-order valence-corrected chi connectivity index (χ1v) is 9.92. The van der Waals surface area contributed by atoms with E-state index in [-0.39, 0.29) is 24.1 Å². The number of halogens is 1. The molecule has 1 aliphatic heterocycles. The first-order chi connectivity index (χ1) is 12.4. The number of thiazole rings is 1. The number of rotatable bonds is 3. The Morgan fingerprint density at radius 1 is 1.35 bits per heavy atom. The van der Waals surface area contributed by atoms with Gasteiger partial charge in [0.15, 0.2) is 6.04 Å². The lowest BCUT2D eigenvalue weighted by atomic mass is 10.0. The molecule has 6 nitrogen and oxygen atoms in total. The van der Waals surface area contributed by atoms with Crippen LogP contribution in [0.4, 0.5) is 0 Å². The van der Waals surface area contributed by atoms with Crippen LogP contribution in [-0.2, 0) is 4.74 Å². The minimum atomic E-state index is -0.0451. The number of benzene rings is 1. The van der Waals surface area contributed by atoms with Gasteiger partial charge in [-0.2, -0.15) is 4.52 Å². The third kappa shape index (κ3) is 3.20. The smallest absolute Gasteiger partial charge is 0.235 e. The second-order valence-corrected chi connectivity index (χ2v) is 8.40. The zero-order valence-electron chi connectivity index (χ0n) is 14.9. The van der Waals surface area contributed by atoms with Crippen LogP contribution >= 0.6 is 22.9 Å². The quantitative estimate of drug-likeness (QED) is 0.716. The van der Waals surface area contributed by atoms with Gasteiger partial charge in [0.1, 0.15) is 36.0 Å². The second-order valence-electron chi connectivity index (χ2n) is 6.96. The Morgan fingerprint density at radius 2 is 2.08 bits per heavy atom. The van der Waals surface area contributed by atoms with E-state index in [4.69, 9.17) is 16.3 Å². The molecule has 1 aromatic carbocycles. The molecule has 138 valence electrons. The summed E-state index contributed by atoms with van der Waals surface area (Å²) in [6, 6.07) is 7.82. The average Bonchev–Trinajstić information content (AvgIpc) is 3.05. The second kappa shape index (κ2) is 6.81. The average molecular weight is 394 g/mol. The molecular weight excluding hydrogens is 372 g/mol. The van der Waals surface area contributed by atoms with E-state index in [1.54, 1.807) is 0 Å². The van der Waals surface area contributed by atoms with Crippen molar-refractivity contribution in [2.45, 2.75) is 39.0 Å². The Hall–Kier alpha value is -1.67. The fraction of sp³-hybridized carbons (Fsp3) is 0.444. The molecule has 1 saturated heterocycles. The first-order valence-electron chi connectivity index (χ1n) is 8.73. The van der Waals surface area contributed by atoms with Gasteiger partial charge in [-0.15, -0.1) is 5.10 Å². The molecule has 26 heavy (non-hydrogen) atoms. The SMILES string of the molecule is Cc1nc2sc([C@H](c3cccc(Cl)c3)[NH+]3C[C@@H](C)O[C@H](C)C3)c(O)n2n1. The minimum Gasteiger partial charge on any atom is -0.492 e. The van der Waals surface area contributed by atoms with Crippen LogP contribution in [0.1, 0.15) is 36.2 Å². The molecule has 8 heteroatoms. The van der Waals surface area contributed by atoms with E-state index < -0.39 is 0 Å². The van der Waals surface area contributed by atoms with Crippen molar-refractivity contribution in [2.75, 3.05) is 13.1 Å². The van der Waals surface area contributed by atoms with Gasteiger partial charge in [0.2, 0.25) is 10.8 Å². The summed E-state index contributed by atoms with van der Waals surface area (Å²) in [5.41, 5.74) is 1.07. The van der Waals surface area contributed by atoms with Crippen molar-refractivity contribution in [3.63, 3.8) is 0 Å². The fourth-order valence-electron chi connectivity index (χ4n) is 3.84. The molecule has 0 amide bonds. The molecule has 2 N–H and O–H groups in total. The number of nitrogens with one attached hydrogen (secondary N) is 1. The van der Waals surface area contributed by atoms with E-state index in [0.29, 0.717) is 15.8 Å². The van der Waals surface area contributed by atoms with Gasteiger partial charge in [-0.1, -0.05) is 35.1 Å². The Bertz CT molecular complexity index is 931. The van der Waals surface area contributed by atoms with Crippen molar-refractivity contribution in [3.05, 3.63) is 45.6 Å². The summed E-state index contributed by atoms with van der Waals surface area (Å²) < 4.78 is 7.44. The summed E-state index contributed by atoms with van der Waals surface area (Å²) >= 11 is 7.75. The molecular formula is C18H22ClN4O2S+. The maximum Gasteiger partial charge on any atom is 0.235 e. The molecule has 0 spiro atoms. The van der Waals surface area contributed by atoms with E-state index in [2.05, 4.69) is 30.0 Å². The van der Waals surface area contributed by atoms with E-state index in [1.807, 2.05) is 25.1 Å². The lowest BCUT2D eigenvalue weighted by molar-refractivity contribution is -0.939. The van der Waals surface area contributed by atoms with Crippen LogP contribution in [0.3, 0.4) is 0 Å². The van der Waals surface area contributed by atoms with Crippen LogP contribution in [-0.4, -0.2) is 45.0 Å². The molecule has 2 aromatic heterocycles. The number of nitrogens with zero attached hydrogens (tertiary/aromatic N) is 3. The standard InChI is InChI=1S/C18H21ClN4O2S/c1-10-8-22(9-11(2)25-10)15(13-5-4-6-14(19)7-13)16-17(24)23-18(26-16)20-12(3)21-23/h4-7,10-11,15,24H,8-9H2,1-3H3/p+1/t10-,11-,15+/m1/s1. The van der Waals surface area contributed by atoms with E-state index in [1.165, 1.54) is 20.8 Å². The summed E-state index contributed by atoms with van der Waals surface area (Å²) in [7, 11) is 0. The molecule has 3 heterocycles. The number of aromatic hydroxyl groups is 1. The molecule has 0 radical (unpaired) electrons. The first kappa shape index (κ1) is 17.7. The minimum absolute atomic E-state index is 0.0451. The zero-order chi connectivity index (χ0) is 18.4. The molecule has 1 fully saturated rings. The number of morpholine rings is 1. The summed E-state index contributed by atoms with van der Waals surface area (Å²) in [6.07, 6.45) is 0.309. The highest BCUT2D eigenvalue weighted by Gasteiger charge is 2.37. The van der Waals surface area contributed by atoms with Crippen LogP contribution in [0.15, 0.2) is 24.3 Å². The predicted octanol–water partition coefficient (Wildman–Crippen LogP) is 2.24. The van der Waals surface area contributed by atoms with Crippen molar-refractivity contribution in [2.24, 2.45) is 0 Å². The summed E-state index contributed by atoms with van der Waals surface area (Å²) in [5.74, 6) is 0.813. The Morgan fingerprint density at radius 3 is 2.73 bits per heavy atom. The predicted molar refractivity (Wildman–Crippen MR) is 101 cm³/mol. The van der Waals surface area contributed by atoms with E-state index in [0.717, 1.165) is 23.5 Å². The van der Waals surface area contributed by atoms with Crippen molar-refractivity contribution >= 4 is 27.9 Å². The molecule has 4 rings (SSSR count). The highest BCUT2D eigenvalue weighted by molar-refractivity contribution is 7.17. The van der Waals surface area contributed by atoms with Crippen LogP contribution < -0.4 is 4.90 Å². The third-order valence-electron chi connectivity index (χ3n) is 4.72. The number of hydrogen-bond acceptors (Lipinski definition) is 5. The number of fused-ring (bicyclic) bond motifs is 1. The Labute approximate surface area is 161 Å². The fourth-order valence-corrected chi connectivity index (χ4v) is 5.23. The molecule has 1 aliphatic rings. The van der Waals surface area contributed by atoms with Gasteiger partial charge in [-0.05, 0) is 32.9 Å². The van der Waals surface area contributed by atoms with Gasteiger partial charge >= 0.3 is 0 Å². The van der Waals surface area contributed by atoms with Gasteiger partial charge in [-0.25, -0.2) is 4.98 Å². The molecule has 0 saturated carbocycles. The molecule has 0 aliphatic carbocycles. The van der Waals surface area contributed by atoms with Crippen molar-refractivity contribution in [1.82, 2.24) is 14.6 Å². The van der Waals surface area contributed by atoms with Crippen LogP contribution in [0.25, 0.3) is 4.96 Å². The number of aryl methyl sites for hydroxylation is 1. The third-order valence-corrected chi connectivity index (χ3v) is 6.04. The summed E-state index contributed by atoms with van der Waals surface area (Å²) in [4.78, 5) is 7.32. The normalized spacial score (nSPS) is 24.8. The summed E-state index contributed by atoms with van der Waals surface area (Å²) in [5, 5.41) is 15.9. The number of quaternary nitrogens is 1. The maximum atomic E-state index is 10.9. The monoisotopic (exact) mass is 393 g/mol. The topological polar surface area (TPSA) is 64.1 Å². The van der Waals surface area contributed by atoms with Gasteiger partial charge in [0.25, 0.3) is 0 Å². The zero-order valence-corrected chi connectivity index (χ0v) is 16.5. The summed E-state index contributed by atoms with van der Waals surface area (Å²) in [6.45, 7) is 7.72. The maximum absolute atomic E-state index is 10.9. The van der Waals surface area contributed by atoms with Gasteiger partial charge < -0.3 is 14.7 Å². The van der Waals surface area contributed by atoms with Crippen LogP contribution in [0, 0.1) is 6.92 Å². The molecule has 3 atom stereocenters.